The monoisotopic (exact) mass is 273 g/mol. The zero-order valence-electron chi connectivity index (χ0n) is 12.4. The average Bonchev–Trinajstić information content (AvgIpc) is 2.42. The molecule has 1 atom stereocenters. The Morgan fingerprint density at radius 2 is 2.05 bits per heavy atom. The van der Waals surface area contributed by atoms with Crippen LogP contribution in [-0.4, -0.2) is 16.5 Å². The summed E-state index contributed by atoms with van der Waals surface area (Å²) < 4.78 is 13.6. The number of aromatic nitrogens is 2. The lowest BCUT2D eigenvalue weighted by molar-refractivity contribution is 0.590. The van der Waals surface area contributed by atoms with Gasteiger partial charge in [-0.25, -0.2) is 14.4 Å². The van der Waals surface area contributed by atoms with Gasteiger partial charge in [0.1, 0.15) is 5.82 Å². The van der Waals surface area contributed by atoms with Crippen molar-refractivity contribution in [3.8, 4) is 11.4 Å². The standard InChI is InChI=1S/C16H20FN3/c1-5-18-11(3)14-9-19-16(20-12(14)4)13-7-6-10(2)15(17)8-13/h6-9,11,18H,5H2,1-4H3. The molecule has 3 nitrogen and oxygen atoms in total. The van der Waals surface area contributed by atoms with Gasteiger partial charge in [0.15, 0.2) is 5.82 Å². The van der Waals surface area contributed by atoms with Crippen LogP contribution < -0.4 is 5.32 Å². The number of benzene rings is 1. The Morgan fingerprint density at radius 3 is 2.65 bits per heavy atom. The summed E-state index contributed by atoms with van der Waals surface area (Å²) in [5.74, 6) is 0.336. The normalized spacial score (nSPS) is 12.4. The van der Waals surface area contributed by atoms with Crippen molar-refractivity contribution in [2.75, 3.05) is 6.54 Å². The zero-order chi connectivity index (χ0) is 14.7. The van der Waals surface area contributed by atoms with Gasteiger partial charge in [0, 0.05) is 29.1 Å². The number of hydrogen-bond donors (Lipinski definition) is 1. The molecule has 0 saturated carbocycles. The van der Waals surface area contributed by atoms with E-state index in [-0.39, 0.29) is 11.9 Å². The van der Waals surface area contributed by atoms with Crippen molar-refractivity contribution < 1.29 is 4.39 Å². The number of nitrogens with one attached hydrogen (secondary N) is 1. The molecule has 0 spiro atoms. The Kier molecular flexibility index (Phi) is 4.45. The highest BCUT2D eigenvalue weighted by molar-refractivity contribution is 5.56. The molecule has 4 heteroatoms. The second kappa shape index (κ2) is 6.09. The molecule has 1 N–H and O–H groups in total. The molecule has 2 rings (SSSR count). The van der Waals surface area contributed by atoms with Gasteiger partial charge in [-0.15, -0.1) is 0 Å². The number of aryl methyl sites for hydroxylation is 2. The lowest BCUT2D eigenvalue weighted by Gasteiger charge is -2.15. The lowest BCUT2D eigenvalue weighted by atomic mass is 10.1. The molecule has 1 unspecified atom stereocenters. The highest BCUT2D eigenvalue weighted by Gasteiger charge is 2.11. The van der Waals surface area contributed by atoms with Crippen LogP contribution in [0.5, 0.6) is 0 Å². The van der Waals surface area contributed by atoms with Gasteiger partial charge in [0.05, 0.1) is 0 Å². The van der Waals surface area contributed by atoms with Crippen molar-refractivity contribution in [2.45, 2.75) is 33.7 Å². The quantitative estimate of drug-likeness (QED) is 0.925. The summed E-state index contributed by atoms with van der Waals surface area (Å²) in [4.78, 5) is 8.87. The summed E-state index contributed by atoms with van der Waals surface area (Å²) in [6.07, 6.45) is 1.82. The first-order valence-corrected chi connectivity index (χ1v) is 6.86. The molecular weight excluding hydrogens is 253 g/mol. The summed E-state index contributed by atoms with van der Waals surface area (Å²) in [6.45, 7) is 8.74. The molecule has 0 bridgehead atoms. The predicted molar refractivity (Wildman–Crippen MR) is 79.0 cm³/mol. The molecular formula is C16H20FN3. The van der Waals surface area contributed by atoms with Crippen LogP contribution in [0, 0.1) is 19.7 Å². The van der Waals surface area contributed by atoms with E-state index < -0.39 is 0 Å². The fraction of sp³-hybridized carbons (Fsp3) is 0.375. The molecule has 2 aromatic rings. The molecule has 0 amide bonds. The van der Waals surface area contributed by atoms with Crippen molar-refractivity contribution in [3.63, 3.8) is 0 Å². The molecule has 106 valence electrons. The fourth-order valence-electron chi connectivity index (χ4n) is 2.19. The zero-order valence-corrected chi connectivity index (χ0v) is 12.4. The fourth-order valence-corrected chi connectivity index (χ4v) is 2.19. The van der Waals surface area contributed by atoms with Crippen molar-refractivity contribution in [1.29, 1.82) is 0 Å². The van der Waals surface area contributed by atoms with Crippen molar-refractivity contribution in [2.24, 2.45) is 0 Å². The minimum atomic E-state index is -0.228. The van der Waals surface area contributed by atoms with Crippen molar-refractivity contribution in [1.82, 2.24) is 15.3 Å². The van der Waals surface area contributed by atoms with Crippen LogP contribution in [0.4, 0.5) is 4.39 Å². The molecule has 0 saturated heterocycles. The highest BCUT2D eigenvalue weighted by Crippen LogP contribution is 2.21. The first-order chi connectivity index (χ1) is 9.52. The van der Waals surface area contributed by atoms with E-state index in [9.17, 15) is 4.39 Å². The first-order valence-electron chi connectivity index (χ1n) is 6.86. The molecule has 1 heterocycles. The summed E-state index contributed by atoms with van der Waals surface area (Å²) >= 11 is 0. The number of halogens is 1. The van der Waals surface area contributed by atoms with Gasteiger partial charge in [-0.05, 0) is 38.9 Å². The van der Waals surface area contributed by atoms with E-state index in [1.54, 1.807) is 13.0 Å². The van der Waals surface area contributed by atoms with E-state index in [1.807, 2.05) is 19.2 Å². The second-order valence-electron chi connectivity index (χ2n) is 4.98. The molecule has 0 radical (unpaired) electrons. The third-order valence-corrected chi connectivity index (χ3v) is 3.42. The molecule has 1 aromatic heterocycles. The summed E-state index contributed by atoms with van der Waals surface area (Å²) in [5, 5.41) is 3.34. The van der Waals surface area contributed by atoms with E-state index in [1.165, 1.54) is 6.07 Å². The van der Waals surface area contributed by atoms with E-state index in [4.69, 9.17) is 0 Å². The van der Waals surface area contributed by atoms with E-state index in [0.717, 1.165) is 17.8 Å². The lowest BCUT2D eigenvalue weighted by Crippen LogP contribution is -2.19. The summed E-state index contributed by atoms with van der Waals surface area (Å²) in [5.41, 5.74) is 3.33. The van der Waals surface area contributed by atoms with Gasteiger partial charge < -0.3 is 5.32 Å². The van der Waals surface area contributed by atoms with Crippen LogP contribution in [0.1, 0.15) is 36.7 Å². The molecule has 0 fully saturated rings. The maximum Gasteiger partial charge on any atom is 0.159 e. The smallest absolute Gasteiger partial charge is 0.159 e. The first kappa shape index (κ1) is 14.6. The minimum Gasteiger partial charge on any atom is -0.310 e. The van der Waals surface area contributed by atoms with Gasteiger partial charge in [0.25, 0.3) is 0 Å². The average molecular weight is 273 g/mol. The Labute approximate surface area is 119 Å². The third kappa shape index (κ3) is 3.02. The minimum absolute atomic E-state index is 0.212. The molecule has 1 aromatic carbocycles. The van der Waals surface area contributed by atoms with E-state index >= 15 is 0 Å². The SMILES string of the molecule is CCNC(C)c1cnc(-c2ccc(C)c(F)c2)nc1C. The molecule has 0 aliphatic heterocycles. The number of rotatable bonds is 4. The Balaban J connectivity index is 2.35. The van der Waals surface area contributed by atoms with Gasteiger partial charge in [0.2, 0.25) is 0 Å². The largest absolute Gasteiger partial charge is 0.310 e. The molecule has 0 aliphatic rings. The van der Waals surface area contributed by atoms with Gasteiger partial charge in [-0.1, -0.05) is 19.1 Å². The third-order valence-electron chi connectivity index (χ3n) is 3.42. The molecule has 20 heavy (non-hydrogen) atoms. The van der Waals surface area contributed by atoms with Crippen molar-refractivity contribution >= 4 is 0 Å². The van der Waals surface area contributed by atoms with Crippen LogP contribution >= 0.6 is 0 Å². The molecule has 0 aliphatic carbocycles. The van der Waals surface area contributed by atoms with Crippen LogP contribution in [0.2, 0.25) is 0 Å². The van der Waals surface area contributed by atoms with E-state index in [0.29, 0.717) is 17.0 Å². The topological polar surface area (TPSA) is 37.8 Å². The Bertz CT molecular complexity index is 611. The summed E-state index contributed by atoms with van der Waals surface area (Å²) in [7, 11) is 0. The van der Waals surface area contributed by atoms with Crippen LogP contribution in [0.15, 0.2) is 24.4 Å². The van der Waals surface area contributed by atoms with Crippen LogP contribution in [0.3, 0.4) is 0 Å². The van der Waals surface area contributed by atoms with E-state index in [2.05, 4.69) is 29.1 Å². The van der Waals surface area contributed by atoms with Crippen LogP contribution in [-0.2, 0) is 0 Å². The van der Waals surface area contributed by atoms with Gasteiger partial charge >= 0.3 is 0 Å². The number of nitrogens with zero attached hydrogens (tertiary/aromatic N) is 2. The number of hydrogen-bond acceptors (Lipinski definition) is 3. The van der Waals surface area contributed by atoms with Crippen molar-refractivity contribution in [3.05, 3.63) is 47.0 Å². The maximum atomic E-state index is 13.6. The highest BCUT2D eigenvalue weighted by atomic mass is 19.1. The Morgan fingerprint density at radius 1 is 1.30 bits per heavy atom. The predicted octanol–water partition coefficient (Wildman–Crippen LogP) is 3.57. The maximum absolute atomic E-state index is 13.6. The van der Waals surface area contributed by atoms with Crippen LogP contribution in [0.25, 0.3) is 11.4 Å². The van der Waals surface area contributed by atoms with Gasteiger partial charge in [-0.2, -0.15) is 0 Å². The van der Waals surface area contributed by atoms with Gasteiger partial charge in [-0.3, -0.25) is 0 Å². The Hall–Kier alpha value is -1.81. The summed E-state index contributed by atoms with van der Waals surface area (Å²) in [6, 6.07) is 5.29. The second-order valence-corrected chi connectivity index (χ2v) is 4.98.